The van der Waals surface area contributed by atoms with Gasteiger partial charge >= 0.3 is 5.69 Å². The molecule has 1 aromatic rings. The quantitative estimate of drug-likeness (QED) is 0.465. The second-order valence-corrected chi connectivity index (χ2v) is 4.31. The van der Waals surface area contributed by atoms with Crippen LogP contribution in [0.3, 0.4) is 0 Å². The van der Waals surface area contributed by atoms with Gasteiger partial charge in [-0.3, -0.25) is 15.5 Å². The molecule has 2 rings (SSSR count). The van der Waals surface area contributed by atoms with E-state index in [1.807, 2.05) is 4.90 Å². The van der Waals surface area contributed by atoms with E-state index in [4.69, 9.17) is 5.84 Å². The van der Waals surface area contributed by atoms with E-state index >= 15 is 0 Å². The molecule has 0 saturated carbocycles. The van der Waals surface area contributed by atoms with E-state index in [2.05, 4.69) is 22.3 Å². The molecule has 1 fully saturated rings. The molecule has 1 unspecified atom stereocenters. The van der Waals surface area contributed by atoms with Crippen molar-refractivity contribution in [2.75, 3.05) is 23.4 Å². The predicted molar refractivity (Wildman–Crippen MR) is 67.1 cm³/mol. The normalized spacial score (nSPS) is 19.0. The van der Waals surface area contributed by atoms with Crippen LogP contribution in [0, 0.1) is 16.0 Å². The number of nitrogen functional groups attached to an aromatic ring is 1. The van der Waals surface area contributed by atoms with Gasteiger partial charge in [-0.2, -0.15) is 4.98 Å². The van der Waals surface area contributed by atoms with Crippen LogP contribution in [0.25, 0.3) is 0 Å². The number of nitro groups is 1. The van der Waals surface area contributed by atoms with Crippen molar-refractivity contribution in [2.24, 2.45) is 11.8 Å². The summed E-state index contributed by atoms with van der Waals surface area (Å²) in [4.78, 5) is 20.3. The topological polar surface area (TPSA) is 110 Å². The maximum Gasteiger partial charge on any atom is 0.329 e. The van der Waals surface area contributed by atoms with Gasteiger partial charge in [0.25, 0.3) is 0 Å². The molecule has 1 atom stereocenters. The van der Waals surface area contributed by atoms with Gasteiger partial charge in [0, 0.05) is 13.1 Å². The fraction of sp³-hybridized carbons (Fsp3) is 0.600. The molecule has 1 saturated heterocycles. The predicted octanol–water partition coefficient (Wildman–Crippen LogP) is 0.907. The molecule has 2 heterocycles. The Balaban J connectivity index is 2.32. The Kier molecular flexibility index (Phi) is 3.56. The first-order valence-corrected chi connectivity index (χ1v) is 5.88. The van der Waals surface area contributed by atoms with Gasteiger partial charge in [-0.1, -0.05) is 13.3 Å². The first-order chi connectivity index (χ1) is 8.65. The van der Waals surface area contributed by atoms with E-state index in [-0.39, 0.29) is 11.6 Å². The standard InChI is InChI=1S/C10H16N6O2/c1-2-7-3-4-15(6-7)9-8(16(17)18)5-12-10(13-9)14-11/h5,7H,2-4,6,11H2,1H3,(H,12,13,14). The number of anilines is 2. The van der Waals surface area contributed by atoms with Gasteiger partial charge in [0.1, 0.15) is 6.20 Å². The number of rotatable bonds is 4. The van der Waals surface area contributed by atoms with Gasteiger partial charge in [-0.25, -0.2) is 10.8 Å². The van der Waals surface area contributed by atoms with Gasteiger partial charge in [-0.05, 0) is 12.3 Å². The van der Waals surface area contributed by atoms with E-state index in [0.29, 0.717) is 11.7 Å². The van der Waals surface area contributed by atoms with Gasteiger partial charge in [-0.15, -0.1) is 0 Å². The maximum absolute atomic E-state index is 11.0. The average Bonchev–Trinajstić information content (AvgIpc) is 2.86. The summed E-state index contributed by atoms with van der Waals surface area (Å²) in [7, 11) is 0. The van der Waals surface area contributed by atoms with E-state index in [9.17, 15) is 10.1 Å². The smallest absolute Gasteiger partial charge is 0.329 e. The zero-order valence-corrected chi connectivity index (χ0v) is 10.2. The van der Waals surface area contributed by atoms with E-state index in [1.165, 1.54) is 6.20 Å². The minimum Gasteiger partial charge on any atom is -0.350 e. The summed E-state index contributed by atoms with van der Waals surface area (Å²) in [5, 5.41) is 11.0. The van der Waals surface area contributed by atoms with E-state index < -0.39 is 4.92 Å². The minimum absolute atomic E-state index is 0.0780. The highest BCUT2D eigenvalue weighted by Crippen LogP contribution is 2.31. The Morgan fingerprint density at radius 1 is 1.72 bits per heavy atom. The third kappa shape index (κ3) is 2.33. The molecule has 0 bridgehead atoms. The lowest BCUT2D eigenvalue weighted by Crippen LogP contribution is -2.23. The molecule has 8 heteroatoms. The van der Waals surface area contributed by atoms with Gasteiger partial charge in [0.2, 0.25) is 11.8 Å². The summed E-state index contributed by atoms with van der Waals surface area (Å²) in [5.74, 6) is 6.33. The number of nitrogens with zero attached hydrogens (tertiary/aromatic N) is 4. The van der Waals surface area contributed by atoms with Gasteiger partial charge < -0.3 is 4.90 Å². The summed E-state index contributed by atoms with van der Waals surface area (Å²) >= 11 is 0. The molecule has 3 N–H and O–H groups in total. The Labute approximate surface area is 104 Å². The van der Waals surface area contributed by atoms with Crippen molar-refractivity contribution < 1.29 is 4.92 Å². The molecular weight excluding hydrogens is 236 g/mol. The Bertz CT molecular complexity index is 452. The van der Waals surface area contributed by atoms with Crippen molar-refractivity contribution in [3.8, 4) is 0 Å². The number of hydrogen-bond donors (Lipinski definition) is 2. The monoisotopic (exact) mass is 252 g/mol. The van der Waals surface area contributed by atoms with Crippen LogP contribution < -0.4 is 16.2 Å². The van der Waals surface area contributed by atoms with Gasteiger partial charge in [0.05, 0.1) is 4.92 Å². The number of nitrogens with two attached hydrogens (primary N) is 1. The van der Waals surface area contributed by atoms with Crippen LogP contribution in [0.15, 0.2) is 6.20 Å². The lowest BCUT2D eigenvalue weighted by molar-refractivity contribution is -0.384. The summed E-state index contributed by atoms with van der Waals surface area (Å²) in [6, 6.07) is 0. The summed E-state index contributed by atoms with van der Waals surface area (Å²) in [5.41, 5.74) is 2.23. The van der Waals surface area contributed by atoms with Crippen LogP contribution in [-0.2, 0) is 0 Å². The van der Waals surface area contributed by atoms with Crippen molar-refractivity contribution in [1.82, 2.24) is 9.97 Å². The molecule has 1 aliphatic heterocycles. The van der Waals surface area contributed by atoms with Crippen LogP contribution in [0.1, 0.15) is 19.8 Å². The second-order valence-electron chi connectivity index (χ2n) is 4.31. The molecule has 98 valence electrons. The molecular formula is C10H16N6O2. The number of hydrazine groups is 1. The SMILES string of the molecule is CCC1CCN(c2nc(NN)ncc2[N+](=O)[O-])C1. The summed E-state index contributed by atoms with van der Waals surface area (Å²) < 4.78 is 0. The molecule has 0 amide bonds. The first-order valence-electron chi connectivity index (χ1n) is 5.88. The maximum atomic E-state index is 11.0. The lowest BCUT2D eigenvalue weighted by Gasteiger charge is -2.17. The van der Waals surface area contributed by atoms with Crippen molar-refractivity contribution in [3.05, 3.63) is 16.3 Å². The molecule has 0 aromatic carbocycles. The zero-order chi connectivity index (χ0) is 13.1. The lowest BCUT2D eigenvalue weighted by atomic mass is 10.1. The number of aromatic nitrogens is 2. The molecule has 8 nitrogen and oxygen atoms in total. The Morgan fingerprint density at radius 2 is 2.50 bits per heavy atom. The third-order valence-corrected chi connectivity index (χ3v) is 3.24. The molecule has 0 aliphatic carbocycles. The summed E-state index contributed by atoms with van der Waals surface area (Å²) in [6.07, 6.45) is 3.29. The van der Waals surface area contributed by atoms with Gasteiger partial charge in [0.15, 0.2) is 0 Å². The van der Waals surface area contributed by atoms with Crippen LogP contribution in [0.2, 0.25) is 0 Å². The van der Waals surface area contributed by atoms with E-state index in [0.717, 1.165) is 25.9 Å². The largest absolute Gasteiger partial charge is 0.350 e. The summed E-state index contributed by atoms with van der Waals surface area (Å²) in [6.45, 7) is 3.69. The van der Waals surface area contributed by atoms with Crippen LogP contribution in [-0.4, -0.2) is 28.0 Å². The van der Waals surface area contributed by atoms with Crippen molar-refractivity contribution in [1.29, 1.82) is 0 Å². The Morgan fingerprint density at radius 3 is 3.06 bits per heavy atom. The molecule has 18 heavy (non-hydrogen) atoms. The average molecular weight is 252 g/mol. The van der Waals surface area contributed by atoms with Crippen molar-refractivity contribution >= 4 is 17.5 Å². The van der Waals surface area contributed by atoms with E-state index in [1.54, 1.807) is 0 Å². The van der Waals surface area contributed by atoms with Crippen LogP contribution in [0.4, 0.5) is 17.5 Å². The molecule has 0 radical (unpaired) electrons. The highest BCUT2D eigenvalue weighted by Gasteiger charge is 2.28. The molecule has 1 aliphatic rings. The molecule has 1 aromatic heterocycles. The minimum atomic E-state index is -0.463. The molecule has 0 spiro atoms. The second kappa shape index (κ2) is 5.13. The van der Waals surface area contributed by atoms with Crippen LogP contribution in [0.5, 0.6) is 0 Å². The fourth-order valence-corrected chi connectivity index (χ4v) is 2.16. The highest BCUT2D eigenvalue weighted by molar-refractivity contribution is 5.59. The van der Waals surface area contributed by atoms with Crippen molar-refractivity contribution in [3.63, 3.8) is 0 Å². The van der Waals surface area contributed by atoms with Crippen LogP contribution >= 0.6 is 0 Å². The number of hydrogen-bond acceptors (Lipinski definition) is 7. The number of nitrogens with one attached hydrogen (secondary N) is 1. The third-order valence-electron chi connectivity index (χ3n) is 3.24. The Hall–Kier alpha value is -1.96. The zero-order valence-electron chi connectivity index (χ0n) is 10.2. The van der Waals surface area contributed by atoms with Crippen molar-refractivity contribution in [2.45, 2.75) is 19.8 Å². The first kappa shape index (κ1) is 12.5. The fourth-order valence-electron chi connectivity index (χ4n) is 2.16. The highest BCUT2D eigenvalue weighted by atomic mass is 16.6.